The Labute approximate surface area is 333 Å². The van der Waals surface area contributed by atoms with E-state index in [0.29, 0.717) is 17.5 Å². The van der Waals surface area contributed by atoms with Gasteiger partial charge >= 0.3 is 0 Å². The van der Waals surface area contributed by atoms with Gasteiger partial charge in [-0.3, -0.25) is 0 Å². The maximum absolute atomic E-state index is 6.67. The van der Waals surface area contributed by atoms with E-state index in [9.17, 15) is 0 Å². The Bertz CT molecular complexity index is 3110. The average Bonchev–Trinajstić information content (AvgIpc) is 3.81. The highest BCUT2D eigenvalue weighted by molar-refractivity contribution is 7.26. The number of fused-ring (bicyclic) bond motifs is 13. The van der Waals surface area contributed by atoms with Gasteiger partial charge in [0, 0.05) is 48.0 Å². The molecule has 0 saturated carbocycles. The summed E-state index contributed by atoms with van der Waals surface area (Å²) in [7, 11) is 0. The molecule has 57 heavy (non-hydrogen) atoms. The van der Waals surface area contributed by atoms with E-state index in [0.717, 1.165) is 44.9 Å². The summed E-state index contributed by atoms with van der Waals surface area (Å²) >= 11 is 1.87. The molecule has 0 bridgehead atoms. The number of ether oxygens (including phenoxy) is 1. The normalized spacial score (nSPS) is 13.2. The molecule has 8 aromatic carbocycles. The number of hydrogen-bond acceptors (Lipinski definition) is 5. The van der Waals surface area contributed by atoms with E-state index in [2.05, 4.69) is 127 Å². The number of hydrogen-bond donors (Lipinski definition) is 0. The molecule has 0 saturated heterocycles. The van der Waals surface area contributed by atoms with Crippen molar-refractivity contribution in [2.24, 2.45) is 0 Å². The molecule has 0 radical (unpaired) electrons. The lowest BCUT2D eigenvalue weighted by Crippen LogP contribution is -2.32. The molecule has 1 aliphatic heterocycles. The zero-order chi connectivity index (χ0) is 37.5. The van der Waals surface area contributed by atoms with Crippen LogP contribution in [0.3, 0.4) is 0 Å². The molecular weight excluding hydrogens is 715 g/mol. The minimum Gasteiger partial charge on any atom is -0.457 e. The van der Waals surface area contributed by atoms with Crippen molar-refractivity contribution in [1.29, 1.82) is 0 Å². The van der Waals surface area contributed by atoms with Crippen LogP contribution < -0.4 is 4.74 Å². The van der Waals surface area contributed by atoms with Crippen LogP contribution in [0, 0.1) is 0 Å². The quantitative estimate of drug-likeness (QED) is 0.180. The molecule has 12 rings (SSSR count). The highest BCUT2D eigenvalue weighted by atomic mass is 32.1. The second kappa shape index (κ2) is 12.4. The van der Waals surface area contributed by atoms with Gasteiger partial charge in [0.15, 0.2) is 17.5 Å². The number of thiophene rings is 1. The Hall–Kier alpha value is -7.21. The van der Waals surface area contributed by atoms with Crippen molar-refractivity contribution in [2.75, 3.05) is 0 Å². The zero-order valence-corrected chi connectivity index (χ0v) is 31.4. The summed E-state index contributed by atoms with van der Waals surface area (Å²) in [6.07, 6.45) is 0. The second-order valence-electron chi connectivity index (χ2n) is 14.7. The summed E-state index contributed by atoms with van der Waals surface area (Å²) < 4.78 is 9.22. The van der Waals surface area contributed by atoms with Crippen molar-refractivity contribution < 1.29 is 4.74 Å². The van der Waals surface area contributed by atoms with Gasteiger partial charge in [-0.25, -0.2) is 15.0 Å². The van der Waals surface area contributed by atoms with E-state index in [1.54, 1.807) is 0 Å². The first-order chi connectivity index (χ1) is 28.3. The lowest BCUT2D eigenvalue weighted by Gasteiger charge is -2.39. The van der Waals surface area contributed by atoms with E-state index >= 15 is 0 Å². The van der Waals surface area contributed by atoms with Gasteiger partial charge in [-0.05, 0) is 57.6 Å². The Morgan fingerprint density at radius 2 is 0.895 bits per heavy atom. The Kier molecular flexibility index (Phi) is 6.98. The summed E-state index contributed by atoms with van der Waals surface area (Å²) in [5, 5.41) is 2.58. The fourth-order valence-corrected chi connectivity index (χ4v) is 10.4. The van der Waals surface area contributed by atoms with Gasteiger partial charge in [0.25, 0.3) is 0 Å². The van der Waals surface area contributed by atoms with E-state index < -0.39 is 5.41 Å². The van der Waals surface area contributed by atoms with Crippen LogP contribution in [0.1, 0.15) is 22.3 Å². The molecule has 5 heteroatoms. The van der Waals surface area contributed by atoms with Crippen LogP contribution in [0.2, 0.25) is 0 Å². The monoisotopic (exact) mass is 745 g/mol. The summed E-state index contributed by atoms with van der Waals surface area (Å²) in [5.41, 5.74) is 12.1. The lowest BCUT2D eigenvalue weighted by molar-refractivity contribution is 0.436. The maximum atomic E-state index is 6.67. The first-order valence-electron chi connectivity index (χ1n) is 19.2. The molecule has 0 fully saturated rings. The van der Waals surface area contributed by atoms with Crippen LogP contribution in [0.4, 0.5) is 0 Å². The fraction of sp³-hybridized carbons (Fsp3) is 0.0192. The predicted octanol–water partition coefficient (Wildman–Crippen LogP) is 13.4. The third-order valence-corrected chi connectivity index (χ3v) is 12.8. The third kappa shape index (κ3) is 4.70. The molecule has 0 unspecified atom stereocenters. The minimum atomic E-state index is -0.574. The Morgan fingerprint density at radius 1 is 0.404 bits per heavy atom. The van der Waals surface area contributed by atoms with Crippen molar-refractivity contribution in [3.8, 4) is 67.9 Å². The van der Waals surface area contributed by atoms with Crippen molar-refractivity contribution in [1.82, 2.24) is 15.0 Å². The average molecular weight is 746 g/mol. The molecule has 266 valence electrons. The van der Waals surface area contributed by atoms with Gasteiger partial charge in [0.2, 0.25) is 0 Å². The molecule has 10 aromatic rings. The fourth-order valence-electron chi connectivity index (χ4n) is 9.17. The van der Waals surface area contributed by atoms with Crippen LogP contribution in [-0.2, 0) is 5.41 Å². The van der Waals surface area contributed by atoms with Crippen LogP contribution in [-0.4, -0.2) is 15.0 Å². The van der Waals surface area contributed by atoms with Crippen molar-refractivity contribution in [3.63, 3.8) is 0 Å². The van der Waals surface area contributed by atoms with Gasteiger partial charge in [-0.15, -0.1) is 11.3 Å². The SMILES string of the molecule is c1ccc(-c2nc(-c3ccccc3)nc(-c3ccc(-c4cc5c(c6c4sc4ccccc46)-c4ccccc4C54c5ccccc5Oc5ccccc54)cc3)n2)cc1. The highest BCUT2D eigenvalue weighted by Crippen LogP contribution is 2.64. The molecule has 2 aliphatic rings. The van der Waals surface area contributed by atoms with Gasteiger partial charge in [0.1, 0.15) is 11.5 Å². The summed E-state index contributed by atoms with van der Waals surface area (Å²) in [5.74, 6) is 3.72. The molecule has 1 spiro atoms. The molecule has 0 atom stereocenters. The second-order valence-corrected chi connectivity index (χ2v) is 15.7. The van der Waals surface area contributed by atoms with Crippen LogP contribution in [0.25, 0.3) is 76.6 Å². The summed E-state index contributed by atoms with van der Waals surface area (Å²) in [4.78, 5) is 15.0. The molecule has 1 aliphatic carbocycles. The van der Waals surface area contributed by atoms with Crippen molar-refractivity contribution in [3.05, 3.63) is 210 Å². The van der Waals surface area contributed by atoms with Crippen molar-refractivity contribution >= 4 is 31.5 Å². The first-order valence-corrected chi connectivity index (χ1v) is 20.0. The van der Waals surface area contributed by atoms with Gasteiger partial charge in [-0.1, -0.05) is 164 Å². The Morgan fingerprint density at radius 3 is 1.53 bits per heavy atom. The molecule has 4 nitrogen and oxygen atoms in total. The number of rotatable bonds is 4. The number of benzene rings is 8. The molecule has 3 heterocycles. The molecule has 0 amide bonds. The number of nitrogens with zero attached hydrogens (tertiary/aromatic N) is 3. The molecule has 2 aromatic heterocycles. The largest absolute Gasteiger partial charge is 0.457 e. The van der Waals surface area contributed by atoms with E-state index in [-0.39, 0.29) is 0 Å². The van der Waals surface area contributed by atoms with Crippen molar-refractivity contribution in [2.45, 2.75) is 5.41 Å². The topological polar surface area (TPSA) is 47.9 Å². The van der Waals surface area contributed by atoms with E-state index in [4.69, 9.17) is 19.7 Å². The van der Waals surface area contributed by atoms with Gasteiger partial charge in [-0.2, -0.15) is 0 Å². The Balaban J connectivity index is 1.11. The van der Waals surface area contributed by atoms with E-state index in [1.807, 2.05) is 72.0 Å². The summed E-state index contributed by atoms with van der Waals surface area (Å²) in [6.45, 7) is 0. The minimum absolute atomic E-state index is 0.574. The number of aromatic nitrogens is 3. The van der Waals surface area contributed by atoms with Crippen LogP contribution >= 0.6 is 11.3 Å². The molecule has 0 N–H and O–H groups in total. The van der Waals surface area contributed by atoms with Gasteiger partial charge < -0.3 is 4.74 Å². The zero-order valence-electron chi connectivity index (χ0n) is 30.6. The number of para-hydroxylation sites is 2. The smallest absolute Gasteiger partial charge is 0.164 e. The highest BCUT2D eigenvalue weighted by Gasteiger charge is 2.52. The third-order valence-electron chi connectivity index (χ3n) is 11.6. The first kappa shape index (κ1) is 32.1. The predicted molar refractivity (Wildman–Crippen MR) is 232 cm³/mol. The van der Waals surface area contributed by atoms with E-state index in [1.165, 1.54) is 48.0 Å². The van der Waals surface area contributed by atoms with Gasteiger partial charge in [0.05, 0.1) is 5.41 Å². The van der Waals surface area contributed by atoms with Crippen LogP contribution in [0.5, 0.6) is 11.5 Å². The molecular formula is C52H31N3OS. The standard InChI is InChI=1S/C52H31N3OS/c1-3-15-33(16-4-1)49-53-50(34-17-5-2-6-18-34)55-51(54-49)35-29-27-32(28-30-35)38-31-42-46(47-37-20-8-14-26-45(37)57-48(38)47)36-19-7-9-21-39(36)52(42)40-22-10-12-24-43(40)56-44-25-13-11-23-41(44)52/h1-31H. The maximum Gasteiger partial charge on any atom is 0.164 e. The summed E-state index contributed by atoms with van der Waals surface area (Å²) in [6, 6.07) is 66.5. The van der Waals surface area contributed by atoms with Crippen LogP contribution in [0.15, 0.2) is 188 Å². The lowest BCUT2D eigenvalue weighted by atomic mass is 9.66.